The van der Waals surface area contributed by atoms with Crippen molar-refractivity contribution in [1.82, 2.24) is 4.90 Å². The molecule has 1 aromatic carbocycles. The molecule has 1 aliphatic rings. The molecule has 2 unspecified atom stereocenters. The summed E-state index contributed by atoms with van der Waals surface area (Å²) in [5.41, 5.74) is 6.40. The van der Waals surface area contributed by atoms with Crippen LogP contribution >= 0.6 is 0 Å². The molecule has 4 heteroatoms. The van der Waals surface area contributed by atoms with Crippen LogP contribution < -0.4 is 10.5 Å². The molecule has 1 aromatic rings. The first-order valence-corrected chi connectivity index (χ1v) is 6.97. The normalized spacial score (nSPS) is 22.9. The number of hydrogen-bond donors (Lipinski definition) is 1. The summed E-state index contributed by atoms with van der Waals surface area (Å²) in [7, 11) is 2.17. The van der Waals surface area contributed by atoms with Crippen molar-refractivity contribution in [3.63, 3.8) is 0 Å². The van der Waals surface area contributed by atoms with E-state index in [0.717, 1.165) is 44.0 Å². The summed E-state index contributed by atoms with van der Waals surface area (Å²) in [5.74, 6) is 0.884. The molecule has 2 N–H and O–H groups in total. The Balaban J connectivity index is 1.65. The zero-order valence-corrected chi connectivity index (χ0v) is 11.8. The highest BCUT2D eigenvalue weighted by atomic mass is 16.5. The van der Waals surface area contributed by atoms with E-state index in [1.807, 2.05) is 24.3 Å². The van der Waals surface area contributed by atoms with E-state index in [2.05, 4.69) is 18.9 Å². The second-order valence-corrected chi connectivity index (χ2v) is 5.18. The highest BCUT2D eigenvalue weighted by molar-refractivity contribution is 5.41. The number of anilines is 1. The van der Waals surface area contributed by atoms with E-state index in [9.17, 15) is 0 Å². The van der Waals surface area contributed by atoms with Crippen molar-refractivity contribution in [2.45, 2.75) is 31.9 Å². The Morgan fingerprint density at radius 3 is 2.74 bits per heavy atom. The Kier molecular flexibility index (Phi) is 5.05. The zero-order chi connectivity index (χ0) is 13.7. The first-order valence-electron chi connectivity index (χ1n) is 6.97. The third-order valence-electron chi connectivity index (χ3n) is 3.71. The average Bonchev–Trinajstić information content (AvgIpc) is 2.83. The lowest BCUT2D eigenvalue weighted by Crippen LogP contribution is -2.37. The number of rotatable bonds is 6. The van der Waals surface area contributed by atoms with Crippen LogP contribution in [0.5, 0.6) is 5.75 Å². The Labute approximate surface area is 115 Å². The number of benzene rings is 1. The Morgan fingerprint density at radius 1 is 1.37 bits per heavy atom. The van der Waals surface area contributed by atoms with Gasteiger partial charge in [-0.1, -0.05) is 0 Å². The number of nitrogens with zero attached hydrogens (tertiary/aromatic N) is 1. The summed E-state index contributed by atoms with van der Waals surface area (Å²) in [4.78, 5) is 2.38. The van der Waals surface area contributed by atoms with E-state index in [0.29, 0.717) is 12.1 Å². The van der Waals surface area contributed by atoms with E-state index >= 15 is 0 Å². The molecular formula is C15H24N2O2. The van der Waals surface area contributed by atoms with Gasteiger partial charge in [0.05, 0.1) is 12.7 Å². The van der Waals surface area contributed by atoms with E-state index in [-0.39, 0.29) is 0 Å². The van der Waals surface area contributed by atoms with Crippen LogP contribution in [0.2, 0.25) is 0 Å². The van der Waals surface area contributed by atoms with Gasteiger partial charge >= 0.3 is 0 Å². The van der Waals surface area contributed by atoms with Crippen LogP contribution in [0.1, 0.15) is 19.8 Å². The highest BCUT2D eigenvalue weighted by Gasteiger charge is 2.27. The largest absolute Gasteiger partial charge is 0.494 e. The van der Waals surface area contributed by atoms with Crippen molar-refractivity contribution in [1.29, 1.82) is 0 Å². The van der Waals surface area contributed by atoms with Gasteiger partial charge in [0.1, 0.15) is 5.75 Å². The van der Waals surface area contributed by atoms with E-state index in [1.165, 1.54) is 0 Å². The van der Waals surface area contributed by atoms with Gasteiger partial charge in [0.25, 0.3) is 0 Å². The van der Waals surface area contributed by atoms with Gasteiger partial charge in [-0.25, -0.2) is 0 Å². The fourth-order valence-corrected chi connectivity index (χ4v) is 2.53. The van der Waals surface area contributed by atoms with Crippen LogP contribution in [0.4, 0.5) is 5.69 Å². The third kappa shape index (κ3) is 4.11. The second-order valence-electron chi connectivity index (χ2n) is 5.18. The molecule has 0 aromatic heterocycles. The smallest absolute Gasteiger partial charge is 0.119 e. The van der Waals surface area contributed by atoms with Crippen molar-refractivity contribution < 1.29 is 9.47 Å². The molecule has 0 bridgehead atoms. The van der Waals surface area contributed by atoms with Gasteiger partial charge < -0.3 is 20.1 Å². The number of likely N-dealkylation sites (N-methyl/N-ethyl adjacent to an activating group) is 1. The second kappa shape index (κ2) is 6.78. The predicted molar refractivity (Wildman–Crippen MR) is 77.4 cm³/mol. The summed E-state index contributed by atoms with van der Waals surface area (Å²) < 4.78 is 11.3. The van der Waals surface area contributed by atoms with Gasteiger partial charge in [-0.2, -0.15) is 0 Å². The average molecular weight is 264 g/mol. The summed E-state index contributed by atoms with van der Waals surface area (Å²) in [6.45, 7) is 4.81. The minimum absolute atomic E-state index is 0.350. The molecule has 1 fully saturated rings. The molecule has 1 heterocycles. The van der Waals surface area contributed by atoms with E-state index in [1.54, 1.807) is 0 Å². The summed E-state index contributed by atoms with van der Waals surface area (Å²) in [6, 6.07) is 8.09. The topological polar surface area (TPSA) is 47.7 Å². The Hall–Kier alpha value is -1.26. The lowest BCUT2D eigenvalue weighted by atomic mass is 10.1. The zero-order valence-electron chi connectivity index (χ0n) is 11.8. The lowest BCUT2D eigenvalue weighted by molar-refractivity contribution is 0.0818. The molecular weight excluding hydrogens is 240 g/mol. The molecule has 2 atom stereocenters. The van der Waals surface area contributed by atoms with Gasteiger partial charge in [-0.15, -0.1) is 0 Å². The maximum atomic E-state index is 5.69. The molecule has 1 aliphatic heterocycles. The molecule has 0 aliphatic carbocycles. The molecule has 4 nitrogen and oxygen atoms in total. The van der Waals surface area contributed by atoms with Gasteiger partial charge in [-0.05, 0) is 51.1 Å². The molecule has 0 spiro atoms. The Morgan fingerprint density at radius 2 is 2.11 bits per heavy atom. The van der Waals surface area contributed by atoms with Crippen LogP contribution in [0.3, 0.4) is 0 Å². The van der Waals surface area contributed by atoms with E-state index < -0.39 is 0 Å². The summed E-state index contributed by atoms with van der Waals surface area (Å²) in [6.07, 6.45) is 2.50. The summed E-state index contributed by atoms with van der Waals surface area (Å²) >= 11 is 0. The van der Waals surface area contributed by atoms with Gasteiger partial charge in [0, 0.05) is 24.9 Å². The number of nitrogen functional groups attached to an aromatic ring is 1. The molecule has 0 saturated carbocycles. The van der Waals surface area contributed by atoms with Crippen LogP contribution in [0.25, 0.3) is 0 Å². The standard InChI is InChI=1S/C15H24N2O2/c1-12-15(8-11-18-12)17(2)9-3-10-19-14-6-4-13(16)5-7-14/h4-7,12,15H,3,8-11,16H2,1-2H3. The maximum absolute atomic E-state index is 5.69. The van der Waals surface area contributed by atoms with Crippen LogP contribution in [0.15, 0.2) is 24.3 Å². The highest BCUT2D eigenvalue weighted by Crippen LogP contribution is 2.18. The SMILES string of the molecule is CC1OCCC1N(C)CCCOc1ccc(N)cc1. The number of hydrogen-bond acceptors (Lipinski definition) is 4. The first-order chi connectivity index (χ1) is 9.16. The van der Waals surface area contributed by atoms with Crippen molar-refractivity contribution in [3.8, 4) is 5.75 Å². The molecule has 0 amide bonds. The fourth-order valence-electron chi connectivity index (χ4n) is 2.53. The Bertz CT molecular complexity index is 380. The van der Waals surface area contributed by atoms with Crippen LogP contribution in [-0.4, -0.2) is 43.9 Å². The predicted octanol–water partition coefficient (Wildman–Crippen LogP) is 2.15. The first kappa shape index (κ1) is 14.2. The lowest BCUT2D eigenvalue weighted by Gasteiger charge is -2.26. The quantitative estimate of drug-likeness (QED) is 0.632. The van der Waals surface area contributed by atoms with Crippen molar-refractivity contribution in [2.75, 3.05) is 32.5 Å². The van der Waals surface area contributed by atoms with Crippen molar-refractivity contribution in [3.05, 3.63) is 24.3 Å². The van der Waals surface area contributed by atoms with Gasteiger partial charge in [-0.3, -0.25) is 0 Å². The number of nitrogens with two attached hydrogens (primary N) is 1. The minimum atomic E-state index is 0.350. The fraction of sp³-hybridized carbons (Fsp3) is 0.600. The van der Waals surface area contributed by atoms with Gasteiger partial charge in [0.15, 0.2) is 0 Å². The maximum Gasteiger partial charge on any atom is 0.119 e. The molecule has 1 saturated heterocycles. The molecule has 19 heavy (non-hydrogen) atoms. The van der Waals surface area contributed by atoms with Crippen LogP contribution in [0, 0.1) is 0 Å². The minimum Gasteiger partial charge on any atom is -0.494 e. The monoisotopic (exact) mass is 264 g/mol. The van der Waals surface area contributed by atoms with Crippen molar-refractivity contribution >= 4 is 5.69 Å². The summed E-state index contributed by atoms with van der Waals surface area (Å²) in [5, 5.41) is 0. The van der Waals surface area contributed by atoms with Crippen molar-refractivity contribution in [2.24, 2.45) is 0 Å². The molecule has 2 rings (SSSR count). The number of ether oxygens (including phenoxy) is 2. The third-order valence-corrected chi connectivity index (χ3v) is 3.71. The van der Waals surface area contributed by atoms with Crippen LogP contribution in [-0.2, 0) is 4.74 Å². The van der Waals surface area contributed by atoms with Gasteiger partial charge in [0.2, 0.25) is 0 Å². The van der Waals surface area contributed by atoms with E-state index in [4.69, 9.17) is 15.2 Å². The molecule has 106 valence electrons. The molecule has 0 radical (unpaired) electrons.